The molecule has 0 atom stereocenters. The van der Waals surface area contributed by atoms with E-state index in [4.69, 9.17) is 0 Å². The molecule has 0 aliphatic heterocycles. The molecule has 4 rings (SSSR count). The van der Waals surface area contributed by atoms with Gasteiger partial charge in [-0.15, -0.1) is 0 Å². The minimum absolute atomic E-state index is 0.00334. The molecule has 0 unspecified atom stereocenters. The van der Waals surface area contributed by atoms with E-state index in [1.165, 1.54) is 0 Å². The number of benzene rings is 4. The summed E-state index contributed by atoms with van der Waals surface area (Å²) in [5.74, 6) is 0. The molecule has 136 valence electrons. The van der Waals surface area contributed by atoms with Crippen molar-refractivity contribution < 1.29 is 5.11 Å². The lowest BCUT2D eigenvalue weighted by molar-refractivity contribution is 0.281. The minimum atomic E-state index is 0.00334. The molecule has 0 aromatic heterocycles. The molecule has 0 spiro atoms. The maximum Gasteiger partial charge on any atom is 0.0687 e. The second kappa shape index (κ2) is 8.51. The van der Waals surface area contributed by atoms with Crippen LogP contribution in [0.5, 0.6) is 0 Å². The molecule has 0 heterocycles. The van der Waals surface area contributed by atoms with Crippen LogP contribution < -0.4 is 0 Å². The van der Waals surface area contributed by atoms with E-state index < -0.39 is 0 Å². The van der Waals surface area contributed by atoms with Crippen molar-refractivity contribution in [1.82, 2.24) is 0 Å². The number of aliphatic hydroxyl groups is 1. The van der Waals surface area contributed by atoms with Crippen LogP contribution in [0.2, 0.25) is 0 Å². The van der Waals surface area contributed by atoms with Gasteiger partial charge in [-0.05, 0) is 39.0 Å². The SMILES string of the molecule is OCc1ccccc1C(=C(c1ccccc1)c1ccccc1)c1ccccc1. The summed E-state index contributed by atoms with van der Waals surface area (Å²) in [6.45, 7) is 0.00334. The van der Waals surface area contributed by atoms with Crippen LogP contribution in [0.4, 0.5) is 0 Å². The Kier molecular flexibility index (Phi) is 5.46. The fourth-order valence-corrected chi connectivity index (χ4v) is 3.61. The smallest absolute Gasteiger partial charge is 0.0687 e. The Labute approximate surface area is 166 Å². The number of rotatable bonds is 5. The van der Waals surface area contributed by atoms with E-state index >= 15 is 0 Å². The van der Waals surface area contributed by atoms with Crippen LogP contribution in [0.15, 0.2) is 115 Å². The van der Waals surface area contributed by atoms with Gasteiger partial charge in [0.2, 0.25) is 0 Å². The summed E-state index contributed by atoms with van der Waals surface area (Å²) >= 11 is 0. The Morgan fingerprint density at radius 2 is 0.857 bits per heavy atom. The quantitative estimate of drug-likeness (QED) is 0.420. The largest absolute Gasteiger partial charge is 0.392 e. The average Bonchev–Trinajstić information content (AvgIpc) is 2.79. The first-order chi connectivity index (χ1) is 13.9. The lowest BCUT2D eigenvalue weighted by Crippen LogP contribution is -2.00. The van der Waals surface area contributed by atoms with Gasteiger partial charge in [-0.25, -0.2) is 0 Å². The third kappa shape index (κ3) is 3.66. The van der Waals surface area contributed by atoms with Crippen molar-refractivity contribution in [3.63, 3.8) is 0 Å². The molecule has 4 aromatic rings. The molecule has 1 nitrogen and oxygen atoms in total. The Morgan fingerprint density at radius 1 is 0.464 bits per heavy atom. The van der Waals surface area contributed by atoms with Crippen molar-refractivity contribution in [2.45, 2.75) is 6.61 Å². The standard InChI is InChI=1S/C27H22O/c28-20-24-18-10-11-19-25(24)27(23-16-8-3-9-17-23)26(21-12-4-1-5-13-21)22-14-6-2-7-15-22/h1-19,28H,20H2. The summed E-state index contributed by atoms with van der Waals surface area (Å²) < 4.78 is 0. The van der Waals surface area contributed by atoms with Gasteiger partial charge in [0.25, 0.3) is 0 Å². The molecule has 0 radical (unpaired) electrons. The molecule has 0 aliphatic carbocycles. The maximum atomic E-state index is 10.0. The van der Waals surface area contributed by atoms with Crippen LogP contribution in [0, 0.1) is 0 Å². The Morgan fingerprint density at radius 3 is 1.32 bits per heavy atom. The van der Waals surface area contributed by atoms with Gasteiger partial charge in [-0.2, -0.15) is 0 Å². The van der Waals surface area contributed by atoms with Crippen LogP contribution >= 0.6 is 0 Å². The predicted octanol–water partition coefficient (Wildman–Crippen LogP) is 6.19. The van der Waals surface area contributed by atoms with Gasteiger partial charge in [0.05, 0.1) is 6.61 Å². The van der Waals surface area contributed by atoms with Gasteiger partial charge < -0.3 is 5.11 Å². The number of hydrogen-bond acceptors (Lipinski definition) is 1. The monoisotopic (exact) mass is 362 g/mol. The highest BCUT2D eigenvalue weighted by molar-refractivity contribution is 6.05. The van der Waals surface area contributed by atoms with Crippen molar-refractivity contribution in [3.05, 3.63) is 143 Å². The van der Waals surface area contributed by atoms with E-state index in [2.05, 4.69) is 78.9 Å². The molecule has 1 N–H and O–H groups in total. The second-order valence-electron chi connectivity index (χ2n) is 6.66. The first-order valence-electron chi connectivity index (χ1n) is 9.48. The zero-order valence-corrected chi connectivity index (χ0v) is 15.6. The molecule has 0 aliphatic rings. The van der Waals surface area contributed by atoms with Crippen LogP contribution in [0.3, 0.4) is 0 Å². The normalized spacial score (nSPS) is 10.5. The predicted molar refractivity (Wildman–Crippen MR) is 117 cm³/mol. The van der Waals surface area contributed by atoms with Gasteiger partial charge in [-0.3, -0.25) is 0 Å². The third-order valence-corrected chi connectivity index (χ3v) is 4.89. The molecule has 1 heteroatoms. The average molecular weight is 362 g/mol. The minimum Gasteiger partial charge on any atom is -0.392 e. The summed E-state index contributed by atoms with van der Waals surface area (Å²) in [6, 6.07) is 39.4. The second-order valence-corrected chi connectivity index (χ2v) is 6.66. The molecule has 0 saturated carbocycles. The van der Waals surface area contributed by atoms with Gasteiger partial charge in [-0.1, -0.05) is 115 Å². The zero-order valence-electron chi connectivity index (χ0n) is 15.6. The summed E-state index contributed by atoms with van der Waals surface area (Å²) in [4.78, 5) is 0. The highest BCUT2D eigenvalue weighted by Gasteiger charge is 2.17. The molecule has 0 amide bonds. The lowest BCUT2D eigenvalue weighted by Gasteiger charge is -2.19. The highest BCUT2D eigenvalue weighted by atomic mass is 16.3. The number of hydrogen-bond donors (Lipinski definition) is 1. The van der Waals surface area contributed by atoms with Crippen LogP contribution in [-0.4, -0.2) is 5.11 Å². The molecular weight excluding hydrogens is 340 g/mol. The van der Waals surface area contributed by atoms with E-state index in [0.717, 1.165) is 39.0 Å². The summed E-state index contributed by atoms with van der Waals surface area (Å²) in [6.07, 6.45) is 0. The molecule has 4 aromatic carbocycles. The molecular formula is C27H22O. The van der Waals surface area contributed by atoms with Crippen LogP contribution in [-0.2, 0) is 6.61 Å². The van der Waals surface area contributed by atoms with Crippen molar-refractivity contribution in [2.75, 3.05) is 0 Å². The topological polar surface area (TPSA) is 20.2 Å². The summed E-state index contributed by atoms with van der Waals surface area (Å²) in [5.41, 5.74) is 7.70. The fraction of sp³-hybridized carbons (Fsp3) is 0.0370. The molecule has 0 saturated heterocycles. The van der Waals surface area contributed by atoms with Crippen molar-refractivity contribution in [1.29, 1.82) is 0 Å². The van der Waals surface area contributed by atoms with Gasteiger partial charge in [0.1, 0.15) is 0 Å². The summed E-state index contributed by atoms with van der Waals surface area (Å²) in [7, 11) is 0. The van der Waals surface area contributed by atoms with Gasteiger partial charge in [0.15, 0.2) is 0 Å². The van der Waals surface area contributed by atoms with E-state index in [-0.39, 0.29) is 6.61 Å². The van der Waals surface area contributed by atoms with Crippen molar-refractivity contribution >= 4 is 11.1 Å². The maximum absolute atomic E-state index is 10.0. The lowest BCUT2D eigenvalue weighted by atomic mass is 9.84. The van der Waals surface area contributed by atoms with Gasteiger partial charge in [0, 0.05) is 0 Å². The van der Waals surface area contributed by atoms with E-state index in [1.54, 1.807) is 0 Å². The van der Waals surface area contributed by atoms with Gasteiger partial charge >= 0.3 is 0 Å². The zero-order chi connectivity index (χ0) is 19.2. The summed E-state index contributed by atoms with van der Waals surface area (Å²) in [5, 5.41) is 10.0. The molecule has 0 fully saturated rings. The molecule has 28 heavy (non-hydrogen) atoms. The fourth-order valence-electron chi connectivity index (χ4n) is 3.61. The Balaban J connectivity index is 2.13. The third-order valence-electron chi connectivity index (χ3n) is 4.89. The van der Waals surface area contributed by atoms with Crippen molar-refractivity contribution in [2.24, 2.45) is 0 Å². The van der Waals surface area contributed by atoms with Crippen LogP contribution in [0.25, 0.3) is 11.1 Å². The van der Waals surface area contributed by atoms with Crippen molar-refractivity contribution in [3.8, 4) is 0 Å². The Hall–Kier alpha value is -3.42. The van der Waals surface area contributed by atoms with Crippen LogP contribution in [0.1, 0.15) is 27.8 Å². The number of aliphatic hydroxyl groups excluding tert-OH is 1. The van der Waals surface area contributed by atoms with E-state index in [9.17, 15) is 5.11 Å². The van der Waals surface area contributed by atoms with E-state index in [1.807, 2.05) is 36.4 Å². The van der Waals surface area contributed by atoms with E-state index in [0.29, 0.717) is 0 Å². The Bertz CT molecular complexity index is 1020. The highest BCUT2D eigenvalue weighted by Crippen LogP contribution is 2.37. The molecule has 0 bridgehead atoms. The first kappa shape index (κ1) is 18.0. The first-order valence-corrected chi connectivity index (χ1v) is 9.48.